The Labute approximate surface area is 306 Å². The average Bonchev–Trinajstić information content (AvgIpc) is 3.55. The Hall–Kier alpha value is -5.14. The van der Waals surface area contributed by atoms with Crippen molar-refractivity contribution in [3.8, 4) is 33.4 Å². The quantitative estimate of drug-likeness (QED) is 0.218. The van der Waals surface area contributed by atoms with Crippen LogP contribution in [0.15, 0.2) is 114 Å². The van der Waals surface area contributed by atoms with Crippen LogP contribution in [0.5, 0.6) is 0 Å². The fourth-order valence-electron chi connectivity index (χ4n) is 7.71. The first-order valence-corrected chi connectivity index (χ1v) is 16.4. The van der Waals surface area contributed by atoms with Crippen LogP contribution >= 0.6 is 0 Å². The van der Waals surface area contributed by atoms with Crippen molar-refractivity contribution in [1.29, 1.82) is 0 Å². The van der Waals surface area contributed by atoms with Crippen LogP contribution in [0.1, 0.15) is 0 Å². The predicted molar refractivity (Wildman–Crippen MR) is 226 cm³/mol. The molecule has 51 heavy (non-hydrogen) atoms. The molecule has 0 bridgehead atoms. The maximum atomic E-state index is 6.90. The summed E-state index contributed by atoms with van der Waals surface area (Å²) in [6, 6.07) is 36.5. The minimum absolute atomic E-state index is 0.181. The first kappa shape index (κ1) is 31.8. The van der Waals surface area contributed by atoms with Crippen molar-refractivity contribution in [1.82, 2.24) is 0 Å². The summed E-state index contributed by atoms with van der Waals surface area (Å²) in [5.74, 6) is 0. The summed E-state index contributed by atoms with van der Waals surface area (Å²) >= 11 is 0. The summed E-state index contributed by atoms with van der Waals surface area (Å²) in [5.41, 5.74) is 8.66. The molecule has 9 aromatic rings. The van der Waals surface area contributed by atoms with Crippen molar-refractivity contribution < 1.29 is 4.42 Å². The zero-order valence-electron chi connectivity index (χ0n) is 27.4. The highest BCUT2D eigenvalue weighted by molar-refractivity contribution is 6.71. The maximum Gasteiger partial charge on any atom is 0.136 e. The first-order valence-electron chi connectivity index (χ1n) is 16.4. The lowest BCUT2D eigenvalue weighted by atomic mass is 9.59. The van der Waals surface area contributed by atoms with Gasteiger partial charge in [-0.15, -0.1) is 21.9 Å². The molecule has 1 aromatic heterocycles. The molecule has 9 heteroatoms. The van der Waals surface area contributed by atoms with Gasteiger partial charge in [-0.1, -0.05) is 107 Å². The second-order valence-electron chi connectivity index (χ2n) is 13.0. The molecule has 9 rings (SSSR count). The second kappa shape index (κ2) is 11.7. The Morgan fingerprint density at radius 2 is 0.804 bits per heavy atom. The number of benzene rings is 8. The molecule has 216 valence electrons. The van der Waals surface area contributed by atoms with E-state index in [0.29, 0.717) is 32.7 Å². The zero-order chi connectivity index (χ0) is 35.3. The van der Waals surface area contributed by atoms with Crippen molar-refractivity contribution in [3.63, 3.8) is 0 Å². The molecule has 1 nitrogen and oxygen atoms in total. The molecule has 0 amide bonds. The van der Waals surface area contributed by atoms with Gasteiger partial charge >= 0.3 is 0 Å². The molecular weight excluding hydrogens is 607 g/mol. The summed E-state index contributed by atoms with van der Waals surface area (Å²) < 4.78 is 6.17. The molecule has 0 saturated heterocycles. The average molecular weight is 625 g/mol. The van der Waals surface area contributed by atoms with Gasteiger partial charge in [0.15, 0.2) is 0 Å². The predicted octanol–water partition coefficient (Wildman–Crippen LogP) is 2.40. The molecule has 0 atom stereocenters. The molecular formula is C42H18B8O. The molecule has 0 saturated carbocycles. The van der Waals surface area contributed by atoms with Gasteiger partial charge in [-0.2, -0.15) is 0 Å². The van der Waals surface area contributed by atoms with Gasteiger partial charge in [-0.05, 0) is 90.0 Å². The Morgan fingerprint density at radius 3 is 1.39 bits per heavy atom. The molecule has 0 aliphatic carbocycles. The smallest absolute Gasteiger partial charge is 0.136 e. The molecule has 1 heterocycles. The van der Waals surface area contributed by atoms with Gasteiger partial charge in [0.25, 0.3) is 0 Å². The van der Waals surface area contributed by atoms with Crippen LogP contribution in [0.25, 0.3) is 87.6 Å². The lowest BCUT2D eigenvalue weighted by Gasteiger charge is -2.28. The fraction of sp³-hybridized carbons (Fsp3) is 0. The van der Waals surface area contributed by atoms with E-state index in [1.165, 1.54) is 0 Å². The van der Waals surface area contributed by atoms with E-state index >= 15 is 0 Å². The van der Waals surface area contributed by atoms with E-state index in [0.717, 1.165) is 55.0 Å². The van der Waals surface area contributed by atoms with Gasteiger partial charge in [-0.3, -0.25) is 0 Å². The van der Waals surface area contributed by atoms with Crippen molar-refractivity contribution in [3.05, 3.63) is 109 Å². The lowest BCUT2D eigenvalue weighted by molar-refractivity contribution is 0.669. The van der Waals surface area contributed by atoms with Crippen molar-refractivity contribution in [2.24, 2.45) is 0 Å². The number of hydrogen-bond donors (Lipinski definition) is 0. The lowest BCUT2D eigenvalue weighted by Crippen LogP contribution is -2.50. The third kappa shape index (κ3) is 4.60. The summed E-state index contributed by atoms with van der Waals surface area (Å²) in [4.78, 5) is 0. The zero-order valence-corrected chi connectivity index (χ0v) is 27.4. The van der Waals surface area contributed by atoms with E-state index in [-0.39, 0.29) is 43.7 Å². The van der Waals surface area contributed by atoms with E-state index in [2.05, 4.69) is 42.5 Å². The third-order valence-electron chi connectivity index (χ3n) is 10.2. The Morgan fingerprint density at radius 1 is 0.333 bits per heavy atom. The highest BCUT2D eigenvalue weighted by Gasteiger charge is 2.24. The highest BCUT2D eigenvalue weighted by Crippen LogP contribution is 2.42. The van der Waals surface area contributed by atoms with Crippen LogP contribution in [0.3, 0.4) is 0 Å². The van der Waals surface area contributed by atoms with Gasteiger partial charge in [0.05, 0.1) is 0 Å². The first-order chi connectivity index (χ1) is 24.7. The fourth-order valence-corrected chi connectivity index (χ4v) is 7.71. The number of rotatable bonds is 3. The number of para-hydroxylation sites is 1. The molecule has 0 aliphatic rings. The van der Waals surface area contributed by atoms with Crippen LogP contribution in [0.2, 0.25) is 0 Å². The monoisotopic (exact) mass is 626 g/mol. The number of furan rings is 1. The number of fused-ring (bicyclic) bond motifs is 6. The van der Waals surface area contributed by atoms with E-state index in [1.807, 2.05) is 66.7 Å². The largest absolute Gasteiger partial charge is 0.456 e. The van der Waals surface area contributed by atoms with Crippen LogP contribution in [0.4, 0.5) is 0 Å². The summed E-state index contributed by atoms with van der Waals surface area (Å²) in [6.07, 6.45) is 0. The molecule has 0 fully saturated rings. The third-order valence-corrected chi connectivity index (χ3v) is 10.2. The van der Waals surface area contributed by atoms with Crippen LogP contribution < -0.4 is 43.7 Å². The standard InChI is InChI=1S/C42H18B8O/c43-35-31-28(19-7-2-1-3-8-19)32-34(38(46)42(50)40(48)36(32)44)29(33(31)37(45)41(49)39(35)47)23-16-14-20-17-22(15-13-21(20)18-23)24-10-6-12-27-30(24)25-9-4-5-11-26(25)51-27/h1-18H. The molecule has 0 aliphatic heterocycles. The summed E-state index contributed by atoms with van der Waals surface area (Å²) in [7, 11) is 53.6. The van der Waals surface area contributed by atoms with Gasteiger partial charge in [0.2, 0.25) is 0 Å². The van der Waals surface area contributed by atoms with Crippen molar-refractivity contribution >= 4 is 161 Å². The van der Waals surface area contributed by atoms with Gasteiger partial charge in [-0.25, -0.2) is 0 Å². The van der Waals surface area contributed by atoms with E-state index in [9.17, 15) is 0 Å². The topological polar surface area (TPSA) is 13.1 Å². The highest BCUT2D eigenvalue weighted by atomic mass is 16.3. The summed E-state index contributed by atoms with van der Waals surface area (Å²) in [6.45, 7) is 0. The Bertz CT molecular complexity index is 2870. The normalized spacial score (nSPS) is 11.8. The van der Waals surface area contributed by atoms with Crippen molar-refractivity contribution in [2.75, 3.05) is 0 Å². The van der Waals surface area contributed by atoms with Crippen LogP contribution in [-0.4, -0.2) is 62.8 Å². The number of hydrogen-bond acceptors (Lipinski definition) is 1. The van der Waals surface area contributed by atoms with Gasteiger partial charge < -0.3 is 4.42 Å². The van der Waals surface area contributed by atoms with E-state index in [4.69, 9.17) is 67.2 Å². The Kier molecular flexibility index (Phi) is 7.30. The van der Waals surface area contributed by atoms with Crippen molar-refractivity contribution in [2.45, 2.75) is 0 Å². The van der Waals surface area contributed by atoms with Gasteiger partial charge in [0.1, 0.15) is 73.9 Å². The second-order valence-corrected chi connectivity index (χ2v) is 13.0. The van der Waals surface area contributed by atoms with E-state index < -0.39 is 0 Å². The molecule has 16 radical (unpaired) electrons. The summed E-state index contributed by atoms with van der Waals surface area (Å²) in [5, 5.41) is 6.55. The maximum absolute atomic E-state index is 6.90. The molecule has 0 spiro atoms. The van der Waals surface area contributed by atoms with Crippen LogP contribution in [0, 0.1) is 0 Å². The van der Waals surface area contributed by atoms with E-state index in [1.54, 1.807) is 0 Å². The molecule has 0 N–H and O–H groups in total. The SMILES string of the molecule is [B]c1c([B])c([B])c2c(-c3ccc4cc(-c5cccc6oc7ccccc7c56)ccc4c3)c3c([B])c([B])c([B])c([B])c3c(-c3ccccc3)c2c1[B]. The van der Waals surface area contributed by atoms with Gasteiger partial charge in [0, 0.05) is 10.8 Å². The minimum Gasteiger partial charge on any atom is -0.456 e. The molecule has 0 unspecified atom stereocenters. The van der Waals surface area contributed by atoms with Crippen LogP contribution in [-0.2, 0) is 0 Å². The Balaban J connectivity index is 1.37. The molecule has 8 aromatic carbocycles. The minimum atomic E-state index is 0.181.